The van der Waals surface area contributed by atoms with Crippen LogP contribution in [0.2, 0.25) is 0 Å². The van der Waals surface area contributed by atoms with Crippen molar-refractivity contribution in [3.63, 3.8) is 0 Å². The molecule has 13 heavy (non-hydrogen) atoms. The number of sulfone groups is 1. The van der Waals surface area contributed by atoms with Crippen molar-refractivity contribution < 1.29 is 42.8 Å². The van der Waals surface area contributed by atoms with E-state index in [2.05, 4.69) is 0 Å². The Kier molecular flexibility index (Phi) is 5.51. The van der Waals surface area contributed by atoms with Crippen LogP contribution >= 0.6 is 0 Å². The van der Waals surface area contributed by atoms with Gasteiger partial charge in [-0.3, -0.25) is 4.79 Å². The van der Waals surface area contributed by atoms with Gasteiger partial charge in [-0.05, 0) is 12.8 Å². The number of carbonyl (C=O) groups is 1. The molecule has 1 heterocycles. The second-order valence-electron chi connectivity index (χ2n) is 3.16. The van der Waals surface area contributed by atoms with Crippen molar-refractivity contribution in [1.29, 1.82) is 0 Å². The smallest absolute Gasteiger partial charge is 0.342 e. The Labute approximate surface area is 101 Å². The van der Waals surface area contributed by atoms with E-state index in [0.717, 1.165) is 19.1 Å². The van der Waals surface area contributed by atoms with Crippen LogP contribution in [0.4, 0.5) is 0 Å². The fourth-order valence-electron chi connectivity index (χ4n) is 1.28. The zero-order valence-electron chi connectivity index (χ0n) is 8.12. The first kappa shape index (κ1) is 13.4. The van der Waals surface area contributed by atoms with E-state index in [1.165, 1.54) is 0 Å². The minimum Gasteiger partial charge on any atom is -0.342 e. The Hall–Kier alpha value is 0.420. The van der Waals surface area contributed by atoms with Crippen LogP contribution in [0.25, 0.3) is 0 Å². The summed E-state index contributed by atoms with van der Waals surface area (Å²) in [5, 5.41) is 0. The second kappa shape index (κ2) is 5.34. The van der Waals surface area contributed by atoms with Crippen molar-refractivity contribution in [3.05, 3.63) is 0 Å². The zero-order chi connectivity index (χ0) is 9.19. The molecule has 0 bridgehead atoms. The van der Waals surface area contributed by atoms with Gasteiger partial charge in [0.2, 0.25) is 5.91 Å². The van der Waals surface area contributed by atoms with E-state index in [-0.39, 0.29) is 41.2 Å². The van der Waals surface area contributed by atoms with Crippen LogP contribution in [0.5, 0.6) is 0 Å². The third-order valence-corrected chi connectivity index (χ3v) is 2.62. The summed E-state index contributed by atoms with van der Waals surface area (Å²) in [6.45, 7) is 1.43. The third kappa shape index (κ3) is 5.00. The molecule has 0 aliphatic carbocycles. The van der Waals surface area contributed by atoms with Crippen molar-refractivity contribution >= 4 is 15.7 Å². The van der Waals surface area contributed by atoms with Gasteiger partial charge < -0.3 is 4.90 Å². The standard InChI is InChI=1S/C7H13NO3S.Na/c1-12(10,11)6-7(9)8-4-2-3-5-8;/h2-6H2,1H3;/q;+1. The van der Waals surface area contributed by atoms with Crippen LogP contribution < -0.4 is 29.6 Å². The van der Waals surface area contributed by atoms with Gasteiger partial charge in [-0.1, -0.05) is 0 Å². The number of rotatable bonds is 2. The molecule has 0 radical (unpaired) electrons. The Balaban J connectivity index is 0.00000144. The van der Waals surface area contributed by atoms with Crippen molar-refractivity contribution in [2.45, 2.75) is 12.8 Å². The molecule has 0 spiro atoms. The third-order valence-electron chi connectivity index (χ3n) is 1.84. The molecule has 0 saturated carbocycles. The van der Waals surface area contributed by atoms with Gasteiger partial charge in [0.15, 0.2) is 9.84 Å². The van der Waals surface area contributed by atoms with Crippen LogP contribution in [0.3, 0.4) is 0 Å². The predicted octanol–water partition coefficient (Wildman–Crippen LogP) is -3.34. The summed E-state index contributed by atoms with van der Waals surface area (Å²) in [7, 11) is -3.15. The normalized spacial score (nSPS) is 16.8. The summed E-state index contributed by atoms with van der Waals surface area (Å²) in [6, 6.07) is 0. The molecule has 1 aliphatic rings. The van der Waals surface area contributed by atoms with Crippen molar-refractivity contribution in [2.24, 2.45) is 0 Å². The van der Waals surface area contributed by atoms with E-state index >= 15 is 0 Å². The van der Waals surface area contributed by atoms with Crippen LogP contribution in [-0.4, -0.2) is 44.3 Å². The number of hydrogen-bond donors (Lipinski definition) is 0. The van der Waals surface area contributed by atoms with Crippen LogP contribution in [0, 0.1) is 0 Å². The minimum atomic E-state index is -3.15. The second-order valence-corrected chi connectivity index (χ2v) is 5.30. The molecular weight excluding hydrogens is 201 g/mol. The van der Waals surface area contributed by atoms with E-state index in [0.29, 0.717) is 13.1 Å². The molecule has 4 nitrogen and oxygen atoms in total. The Morgan fingerprint density at radius 3 is 2.15 bits per heavy atom. The molecule has 0 aromatic rings. The number of likely N-dealkylation sites (tertiary alicyclic amines) is 1. The molecule has 1 aliphatic heterocycles. The zero-order valence-corrected chi connectivity index (χ0v) is 10.9. The first-order chi connectivity index (χ1) is 5.49. The van der Waals surface area contributed by atoms with Gasteiger partial charge in [-0.2, -0.15) is 0 Å². The molecule has 0 aromatic carbocycles. The van der Waals surface area contributed by atoms with Crippen LogP contribution in [-0.2, 0) is 14.6 Å². The largest absolute Gasteiger partial charge is 1.00 e. The van der Waals surface area contributed by atoms with E-state index in [1.54, 1.807) is 4.90 Å². The Bertz CT molecular complexity index is 269. The summed E-state index contributed by atoms with van der Waals surface area (Å²) in [5.41, 5.74) is 0. The minimum absolute atomic E-state index is 0. The molecule has 0 unspecified atom stereocenters. The topological polar surface area (TPSA) is 54.5 Å². The van der Waals surface area contributed by atoms with Crippen molar-refractivity contribution in [2.75, 3.05) is 25.1 Å². The van der Waals surface area contributed by atoms with Crippen LogP contribution in [0.1, 0.15) is 12.8 Å². The number of amides is 1. The van der Waals surface area contributed by atoms with E-state index in [4.69, 9.17) is 0 Å². The van der Waals surface area contributed by atoms with Gasteiger partial charge in [-0.15, -0.1) is 0 Å². The van der Waals surface area contributed by atoms with Crippen LogP contribution in [0.15, 0.2) is 0 Å². The molecular formula is C7H13NNaO3S+. The van der Waals surface area contributed by atoms with Gasteiger partial charge in [0.25, 0.3) is 0 Å². The molecule has 1 fully saturated rings. The molecule has 6 heteroatoms. The van der Waals surface area contributed by atoms with Gasteiger partial charge in [0.05, 0.1) is 0 Å². The molecule has 0 N–H and O–H groups in total. The SMILES string of the molecule is CS(=O)(=O)CC(=O)N1CCCC1.[Na+]. The summed E-state index contributed by atoms with van der Waals surface area (Å²) in [5.74, 6) is -0.595. The number of nitrogens with zero attached hydrogens (tertiary/aromatic N) is 1. The van der Waals surface area contributed by atoms with Crippen molar-refractivity contribution in [1.82, 2.24) is 4.90 Å². The van der Waals surface area contributed by atoms with Gasteiger partial charge in [-0.25, -0.2) is 8.42 Å². The quantitative estimate of drug-likeness (QED) is 0.452. The maximum absolute atomic E-state index is 11.2. The average Bonchev–Trinajstić information content (AvgIpc) is 2.32. The first-order valence-electron chi connectivity index (χ1n) is 3.94. The molecule has 1 saturated heterocycles. The Morgan fingerprint density at radius 2 is 1.77 bits per heavy atom. The van der Waals surface area contributed by atoms with Gasteiger partial charge in [0.1, 0.15) is 5.75 Å². The predicted molar refractivity (Wildman–Crippen MR) is 45.5 cm³/mol. The number of carbonyl (C=O) groups excluding carboxylic acids is 1. The Morgan fingerprint density at radius 1 is 1.31 bits per heavy atom. The maximum atomic E-state index is 11.2. The molecule has 1 amide bonds. The maximum Gasteiger partial charge on any atom is 1.00 e. The molecule has 0 atom stereocenters. The number of hydrogen-bond acceptors (Lipinski definition) is 3. The average molecular weight is 214 g/mol. The van der Waals surface area contributed by atoms with Gasteiger partial charge in [0, 0.05) is 19.3 Å². The summed E-state index contributed by atoms with van der Waals surface area (Å²) in [6.07, 6.45) is 3.08. The van der Waals surface area contributed by atoms with E-state index in [1.807, 2.05) is 0 Å². The molecule has 0 aromatic heterocycles. The molecule has 1 rings (SSSR count). The summed E-state index contributed by atoms with van der Waals surface area (Å²) >= 11 is 0. The fourth-order valence-corrected chi connectivity index (χ4v) is 1.91. The summed E-state index contributed by atoms with van der Waals surface area (Å²) < 4.78 is 21.5. The van der Waals surface area contributed by atoms with E-state index < -0.39 is 9.84 Å². The van der Waals surface area contributed by atoms with Gasteiger partial charge >= 0.3 is 29.6 Å². The summed E-state index contributed by atoms with van der Waals surface area (Å²) in [4.78, 5) is 12.8. The molecule has 70 valence electrons. The van der Waals surface area contributed by atoms with Crippen molar-refractivity contribution in [3.8, 4) is 0 Å². The monoisotopic (exact) mass is 214 g/mol. The van der Waals surface area contributed by atoms with E-state index in [9.17, 15) is 13.2 Å². The fraction of sp³-hybridized carbons (Fsp3) is 0.857. The first-order valence-corrected chi connectivity index (χ1v) is 6.00.